The number of nitro groups is 2. The highest BCUT2D eigenvalue weighted by Gasteiger charge is 2.32. The van der Waals surface area contributed by atoms with Crippen LogP contribution < -0.4 is 4.74 Å². The van der Waals surface area contributed by atoms with Gasteiger partial charge in [0.05, 0.1) is 34.8 Å². The predicted molar refractivity (Wildman–Crippen MR) is 92.7 cm³/mol. The quantitative estimate of drug-likeness (QED) is 0.157. The van der Waals surface area contributed by atoms with E-state index >= 15 is 0 Å². The Bertz CT molecular complexity index is 1040. The lowest BCUT2D eigenvalue weighted by Crippen LogP contribution is -2.15. The number of hydrogen-bond acceptors (Lipinski definition) is 6. The molecule has 0 saturated carbocycles. The highest BCUT2D eigenvalue weighted by molar-refractivity contribution is 7.94. The number of hydrogen-bond donors (Lipinski definition) is 0. The van der Waals surface area contributed by atoms with E-state index in [1.54, 1.807) is 0 Å². The smallest absolute Gasteiger partial charge is 0.441 e. The molecule has 0 amide bonds. The van der Waals surface area contributed by atoms with Gasteiger partial charge in [-0.1, -0.05) is 6.07 Å². The van der Waals surface area contributed by atoms with Gasteiger partial charge < -0.3 is 9.29 Å². The molecule has 0 aliphatic rings. The lowest BCUT2D eigenvalue weighted by atomic mass is 10.1. The third-order valence-corrected chi connectivity index (χ3v) is 4.99. The Labute approximate surface area is 167 Å². The highest BCUT2D eigenvalue weighted by Crippen LogP contribution is 2.30. The molecule has 160 valence electrons. The fraction of sp³-hybridized carbons (Fsp3) is 0.125. The molecule has 0 spiro atoms. The summed E-state index contributed by atoms with van der Waals surface area (Å²) < 4.78 is 84.3. The number of benzene rings is 2. The van der Waals surface area contributed by atoms with Crippen molar-refractivity contribution in [3.05, 3.63) is 83.7 Å². The minimum Gasteiger partial charge on any atom is -0.606 e. The zero-order valence-corrected chi connectivity index (χ0v) is 15.5. The molecule has 0 heterocycles. The molecule has 0 bridgehead atoms. The van der Waals surface area contributed by atoms with E-state index < -0.39 is 72.1 Å². The summed E-state index contributed by atoms with van der Waals surface area (Å²) in [5.74, 6) is -12.7. The molecular formula is C16H9F5N2O6S. The van der Waals surface area contributed by atoms with E-state index in [9.17, 15) is 46.7 Å². The monoisotopic (exact) mass is 452 g/mol. The molecule has 0 radical (unpaired) electrons. The summed E-state index contributed by atoms with van der Waals surface area (Å²) in [7, 11) is 1.15. The summed E-state index contributed by atoms with van der Waals surface area (Å²) in [6.07, 6.45) is -0.0374. The molecule has 0 aliphatic carbocycles. The van der Waals surface area contributed by atoms with Gasteiger partial charge in [-0.2, -0.15) is 0 Å². The number of nitro benzene ring substituents is 1. The fourth-order valence-electron chi connectivity index (χ4n) is 2.27. The molecule has 0 fully saturated rings. The molecular weight excluding hydrogens is 443 g/mol. The van der Waals surface area contributed by atoms with E-state index in [1.165, 1.54) is 6.07 Å². The minimum absolute atomic E-state index is 0.0374. The molecule has 0 N–H and O–H groups in total. The maximum Gasteiger partial charge on any atom is 0.441 e. The molecule has 2 aromatic carbocycles. The van der Waals surface area contributed by atoms with Crippen molar-refractivity contribution in [3.63, 3.8) is 0 Å². The Hall–Kier alpha value is -3.26. The summed E-state index contributed by atoms with van der Waals surface area (Å²) in [5.41, 5.74) is -2.24. The summed E-state index contributed by atoms with van der Waals surface area (Å²) in [5, 5.41) is 20.8. The van der Waals surface area contributed by atoms with Crippen LogP contribution in [0.3, 0.4) is 0 Å². The third kappa shape index (κ3) is 4.49. The van der Waals surface area contributed by atoms with Crippen LogP contribution in [0.2, 0.25) is 0 Å². The van der Waals surface area contributed by atoms with Gasteiger partial charge in [0, 0.05) is 11.6 Å². The molecule has 1 atom stereocenters. The van der Waals surface area contributed by atoms with Gasteiger partial charge in [-0.25, -0.2) is 22.0 Å². The second-order valence-corrected chi connectivity index (χ2v) is 6.87. The summed E-state index contributed by atoms with van der Waals surface area (Å²) in [6, 6.07) is 3.23. The SMILES string of the molecule is COc1ccc(C[S+]([O-])/C(=C\c2c(F)c(F)c(F)c(F)c2F)[N+](=O)[O-])cc1[N+](=O)[O-]. The first kappa shape index (κ1) is 23.0. The van der Waals surface area contributed by atoms with Gasteiger partial charge >= 0.3 is 10.7 Å². The van der Waals surface area contributed by atoms with Crippen molar-refractivity contribution >= 4 is 22.9 Å². The van der Waals surface area contributed by atoms with Crippen LogP contribution in [-0.2, 0) is 16.9 Å². The van der Waals surface area contributed by atoms with Gasteiger partial charge in [0.1, 0.15) is 10.7 Å². The van der Waals surface area contributed by atoms with Gasteiger partial charge in [-0.15, -0.1) is 0 Å². The van der Waals surface area contributed by atoms with Crippen LogP contribution in [0.15, 0.2) is 23.2 Å². The largest absolute Gasteiger partial charge is 0.606 e. The van der Waals surface area contributed by atoms with Crippen LogP contribution >= 0.6 is 0 Å². The Morgan fingerprint density at radius 1 is 1.03 bits per heavy atom. The Balaban J connectivity index is 2.49. The van der Waals surface area contributed by atoms with Crippen LogP contribution in [0.4, 0.5) is 27.6 Å². The van der Waals surface area contributed by atoms with Crippen molar-refractivity contribution in [3.8, 4) is 5.75 Å². The van der Waals surface area contributed by atoms with E-state index in [1.807, 2.05) is 0 Å². The van der Waals surface area contributed by atoms with Gasteiger partial charge in [0.25, 0.3) is 0 Å². The van der Waals surface area contributed by atoms with Gasteiger partial charge in [-0.3, -0.25) is 20.2 Å². The number of halogens is 5. The normalized spacial score (nSPS) is 12.6. The second kappa shape index (κ2) is 9.04. The van der Waals surface area contributed by atoms with Crippen molar-refractivity contribution in [2.75, 3.05) is 7.11 Å². The highest BCUT2D eigenvalue weighted by atomic mass is 32.2. The minimum atomic E-state index is -2.68. The molecule has 8 nitrogen and oxygen atoms in total. The van der Waals surface area contributed by atoms with Crippen molar-refractivity contribution in [1.82, 2.24) is 0 Å². The van der Waals surface area contributed by atoms with E-state index in [0.717, 1.165) is 19.2 Å². The third-order valence-electron chi connectivity index (χ3n) is 3.66. The Kier molecular flexibility index (Phi) is 6.94. The summed E-state index contributed by atoms with van der Waals surface area (Å²) in [6.45, 7) is 0. The molecule has 2 aromatic rings. The van der Waals surface area contributed by atoms with Crippen LogP contribution in [0, 0.1) is 49.3 Å². The predicted octanol–water partition coefficient (Wildman–Crippen LogP) is 3.82. The first-order chi connectivity index (χ1) is 14.0. The number of methoxy groups -OCH3 is 1. The van der Waals surface area contributed by atoms with Gasteiger partial charge in [-0.05, 0) is 6.07 Å². The average Bonchev–Trinajstić information content (AvgIpc) is 2.70. The van der Waals surface area contributed by atoms with E-state index in [4.69, 9.17) is 4.74 Å². The Morgan fingerprint density at radius 3 is 2.03 bits per heavy atom. The van der Waals surface area contributed by atoms with Crippen molar-refractivity contribution in [2.24, 2.45) is 0 Å². The molecule has 2 rings (SSSR count). The first-order valence-electron chi connectivity index (χ1n) is 7.56. The number of ether oxygens (including phenoxy) is 1. The Morgan fingerprint density at radius 2 is 1.57 bits per heavy atom. The van der Waals surface area contributed by atoms with Crippen LogP contribution in [0.5, 0.6) is 5.75 Å². The van der Waals surface area contributed by atoms with E-state index in [-0.39, 0.29) is 17.4 Å². The fourth-order valence-corrected chi connectivity index (χ4v) is 3.31. The van der Waals surface area contributed by atoms with Crippen LogP contribution in [0.25, 0.3) is 6.08 Å². The standard InChI is InChI=1S/C16H9F5N2O6S/c1-29-10-3-2-7(4-9(10)22(24)25)6-30(28)11(23(26)27)5-8-12(17)14(19)16(21)15(20)13(8)18/h2-5H,6H2,1H3/b11-5-. The molecule has 0 saturated heterocycles. The molecule has 1 unspecified atom stereocenters. The summed E-state index contributed by atoms with van der Waals surface area (Å²) in [4.78, 5) is 20.0. The first-order valence-corrected chi connectivity index (χ1v) is 8.88. The maximum absolute atomic E-state index is 13.8. The van der Waals surface area contributed by atoms with Crippen LogP contribution in [-0.4, -0.2) is 21.5 Å². The zero-order valence-electron chi connectivity index (χ0n) is 14.7. The van der Waals surface area contributed by atoms with E-state index in [0.29, 0.717) is 0 Å². The lowest BCUT2D eigenvalue weighted by Gasteiger charge is -2.09. The molecule has 0 aliphatic heterocycles. The van der Waals surface area contributed by atoms with Gasteiger partial charge in [0.2, 0.25) is 5.82 Å². The molecule has 14 heteroatoms. The van der Waals surface area contributed by atoms with Crippen LogP contribution in [0.1, 0.15) is 11.1 Å². The number of rotatable bonds is 7. The second-order valence-electron chi connectivity index (χ2n) is 5.48. The average molecular weight is 452 g/mol. The maximum atomic E-state index is 13.8. The topological polar surface area (TPSA) is 119 Å². The lowest BCUT2D eigenvalue weighted by molar-refractivity contribution is -0.410. The van der Waals surface area contributed by atoms with Crippen molar-refractivity contribution < 1.29 is 41.1 Å². The summed E-state index contributed by atoms with van der Waals surface area (Å²) >= 11 is -2.68. The molecule has 0 aromatic heterocycles. The van der Waals surface area contributed by atoms with Crippen molar-refractivity contribution in [1.29, 1.82) is 0 Å². The molecule has 30 heavy (non-hydrogen) atoms. The number of nitrogens with zero attached hydrogens (tertiary/aromatic N) is 2. The van der Waals surface area contributed by atoms with E-state index in [2.05, 4.69) is 0 Å². The zero-order chi connectivity index (χ0) is 22.7. The van der Waals surface area contributed by atoms with Gasteiger partial charge in [0.15, 0.2) is 29.0 Å². The van der Waals surface area contributed by atoms with Crippen molar-refractivity contribution in [2.45, 2.75) is 5.75 Å².